The first-order valence-corrected chi connectivity index (χ1v) is 6.10. The quantitative estimate of drug-likeness (QED) is 0.817. The van der Waals surface area contributed by atoms with Crippen molar-refractivity contribution < 1.29 is 14.7 Å². The normalized spacial score (nSPS) is 15.7. The van der Waals surface area contributed by atoms with Crippen molar-refractivity contribution in [2.45, 2.75) is 25.3 Å². The molecule has 1 aromatic heterocycles. The fourth-order valence-corrected chi connectivity index (χ4v) is 2.08. The van der Waals surface area contributed by atoms with Crippen molar-refractivity contribution in [3.05, 3.63) is 24.0 Å². The average Bonchev–Trinajstić information content (AvgIpc) is 3.17. The Hall–Kier alpha value is -2.11. The molecule has 1 aliphatic rings. The van der Waals surface area contributed by atoms with Crippen LogP contribution >= 0.6 is 0 Å². The van der Waals surface area contributed by atoms with Gasteiger partial charge in [0.2, 0.25) is 6.41 Å². The van der Waals surface area contributed by atoms with Crippen LogP contribution in [-0.2, 0) is 4.79 Å². The molecule has 0 radical (unpaired) electrons. The zero-order valence-electron chi connectivity index (χ0n) is 11.0. The molecule has 2 amide bonds. The summed E-state index contributed by atoms with van der Waals surface area (Å²) in [5.74, 6) is 0. The largest absolute Gasteiger partial charge is 0.465 e. The van der Waals surface area contributed by atoms with Crippen molar-refractivity contribution in [2.24, 2.45) is 0 Å². The number of aromatic nitrogens is 1. The minimum Gasteiger partial charge on any atom is -0.465 e. The number of nitrogens with zero attached hydrogens (tertiary/aromatic N) is 3. The van der Waals surface area contributed by atoms with Crippen LogP contribution in [0.4, 0.5) is 10.5 Å². The maximum Gasteiger partial charge on any atom is 0.407 e. The summed E-state index contributed by atoms with van der Waals surface area (Å²) in [6.45, 7) is 2.24. The van der Waals surface area contributed by atoms with Crippen LogP contribution in [0.2, 0.25) is 0 Å². The standard InChI is InChI=1S/C13H17N3O3/c1-10-3-4-11(7-14-10)16(9-17)8-13(5-6-13)15(2)12(18)19/h3-4,7,9H,5-6,8H2,1-2H3,(H,18,19). The van der Waals surface area contributed by atoms with Gasteiger partial charge in [0.05, 0.1) is 17.4 Å². The number of carboxylic acid groups (broad SMARTS) is 1. The van der Waals surface area contributed by atoms with E-state index < -0.39 is 11.6 Å². The van der Waals surface area contributed by atoms with Gasteiger partial charge in [-0.15, -0.1) is 0 Å². The van der Waals surface area contributed by atoms with Crippen LogP contribution in [0.3, 0.4) is 0 Å². The molecule has 6 nitrogen and oxygen atoms in total. The van der Waals surface area contributed by atoms with Crippen LogP contribution in [0.15, 0.2) is 18.3 Å². The van der Waals surface area contributed by atoms with Gasteiger partial charge in [0.1, 0.15) is 0 Å². The van der Waals surface area contributed by atoms with Gasteiger partial charge in [-0.05, 0) is 31.9 Å². The summed E-state index contributed by atoms with van der Waals surface area (Å²) in [7, 11) is 1.55. The van der Waals surface area contributed by atoms with Crippen molar-refractivity contribution in [2.75, 3.05) is 18.5 Å². The SMILES string of the molecule is Cc1ccc(N(C=O)CC2(N(C)C(=O)O)CC2)cn1. The van der Waals surface area contributed by atoms with Gasteiger partial charge in [0.25, 0.3) is 0 Å². The molecule has 19 heavy (non-hydrogen) atoms. The highest BCUT2D eigenvalue weighted by atomic mass is 16.4. The van der Waals surface area contributed by atoms with E-state index in [0.717, 1.165) is 24.9 Å². The zero-order chi connectivity index (χ0) is 14.0. The third-order valence-corrected chi connectivity index (χ3v) is 3.64. The number of hydrogen-bond donors (Lipinski definition) is 1. The van der Waals surface area contributed by atoms with Crippen molar-refractivity contribution in [1.29, 1.82) is 0 Å². The monoisotopic (exact) mass is 263 g/mol. The molecule has 0 atom stereocenters. The van der Waals surface area contributed by atoms with E-state index in [1.165, 1.54) is 9.80 Å². The lowest BCUT2D eigenvalue weighted by atomic mass is 10.2. The number of anilines is 1. The van der Waals surface area contributed by atoms with Gasteiger partial charge < -0.3 is 14.9 Å². The maximum absolute atomic E-state index is 11.2. The van der Waals surface area contributed by atoms with E-state index in [4.69, 9.17) is 5.11 Å². The minimum atomic E-state index is -0.967. The molecule has 0 saturated heterocycles. The molecule has 0 unspecified atom stereocenters. The molecule has 0 aromatic carbocycles. The van der Waals surface area contributed by atoms with Gasteiger partial charge in [0, 0.05) is 19.3 Å². The number of carbonyl (C=O) groups is 2. The van der Waals surface area contributed by atoms with Gasteiger partial charge in [-0.2, -0.15) is 0 Å². The highest BCUT2D eigenvalue weighted by Crippen LogP contribution is 2.42. The summed E-state index contributed by atoms with van der Waals surface area (Å²) in [5.41, 5.74) is 1.11. The van der Waals surface area contributed by atoms with Gasteiger partial charge in [-0.3, -0.25) is 9.78 Å². The summed E-state index contributed by atoms with van der Waals surface area (Å²) < 4.78 is 0. The fourth-order valence-electron chi connectivity index (χ4n) is 2.08. The molecule has 0 spiro atoms. The first kappa shape index (κ1) is 13.3. The second-order valence-electron chi connectivity index (χ2n) is 4.96. The Morgan fingerprint density at radius 2 is 2.21 bits per heavy atom. The zero-order valence-corrected chi connectivity index (χ0v) is 11.0. The lowest BCUT2D eigenvalue weighted by Crippen LogP contribution is -2.46. The second kappa shape index (κ2) is 4.87. The molecule has 1 aromatic rings. The summed E-state index contributed by atoms with van der Waals surface area (Å²) >= 11 is 0. The van der Waals surface area contributed by atoms with E-state index in [1.54, 1.807) is 13.2 Å². The summed E-state index contributed by atoms with van der Waals surface area (Å²) in [6.07, 6.45) is 2.94. The Labute approximate surface area is 111 Å². The molecule has 0 aliphatic heterocycles. The summed E-state index contributed by atoms with van der Waals surface area (Å²) in [4.78, 5) is 29.2. The number of pyridine rings is 1. The van der Waals surface area contributed by atoms with Gasteiger partial charge in [-0.1, -0.05) is 0 Å². The summed E-state index contributed by atoms with van der Waals surface area (Å²) in [5, 5.41) is 9.06. The molecule has 1 saturated carbocycles. The van der Waals surface area contributed by atoms with E-state index in [1.807, 2.05) is 19.1 Å². The smallest absolute Gasteiger partial charge is 0.407 e. The Morgan fingerprint density at radius 1 is 1.53 bits per heavy atom. The molecule has 2 rings (SSSR count). The third kappa shape index (κ3) is 2.67. The van der Waals surface area contributed by atoms with Crippen LogP contribution in [0, 0.1) is 6.92 Å². The van der Waals surface area contributed by atoms with E-state index >= 15 is 0 Å². The minimum absolute atomic E-state index is 0.365. The van der Waals surface area contributed by atoms with E-state index in [-0.39, 0.29) is 0 Å². The number of hydrogen-bond acceptors (Lipinski definition) is 3. The molecule has 1 N–H and O–H groups in total. The van der Waals surface area contributed by atoms with Crippen LogP contribution in [0.5, 0.6) is 0 Å². The number of carbonyl (C=O) groups excluding carboxylic acids is 1. The van der Waals surface area contributed by atoms with Crippen LogP contribution < -0.4 is 4.90 Å². The molecular weight excluding hydrogens is 246 g/mol. The van der Waals surface area contributed by atoms with E-state index in [9.17, 15) is 9.59 Å². The highest BCUT2D eigenvalue weighted by Gasteiger charge is 2.50. The molecule has 1 aliphatic carbocycles. The topological polar surface area (TPSA) is 73.7 Å². The van der Waals surface area contributed by atoms with Crippen molar-refractivity contribution >= 4 is 18.2 Å². The predicted molar refractivity (Wildman–Crippen MR) is 70.1 cm³/mol. The van der Waals surface area contributed by atoms with Crippen molar-refractivity contribution in [1.82, 2.24) is 9.88 Å². The Morgan fingerprint density at radius 3 is 2.63 bits per heavy atom. The first-order valence-electron chi connectivity index (χ1n) is 6.10. The van der Waals surface area contributed by atoms with Crippen molar-refractivity contribution in [3.8, 4) is 0 Å². The van der Waals surface area contributed by atoms with Gasteiger partial charge in [-0.25, -0.2) is 4.79 Å². The first-order chi connectivity index (χ1) is 8.98. The molecule has 102 valence electrons. The molecular formula is C13H17N3O3. The van der Waals surface area contributed by atoms with Crippen molar-refractivity contribution in [3.63, 3.8) is 0 Å². The van der Waals surface area contributed by atoms with E-state index in [0.29, 0.717) is 12.2 Å². The van der Waals surface area contributed by atoms with Crippen LogP contribution in [0.1, 0.15) is 18.5 Å². The number of amides is 2. The Bertz CT molecular complexity index is 482. The lowest BCUT2D eigenvalue weighted by molar-refractivity contribution is -0.107. The van der Waals surface area contributed by atoms with Crippen LogP contribution in [-0.4, -0.2) is 46.6 Å². The second-order valence-corrected chi connectivity index (χ2v) is 4.96. The maximum atomic E-state index is 11.2. The molecule has 6 heteroatoms. The van der Waals surface area contributed by atoms with Gasteiger partial charge in [0.15, 0.2) is 0 Å². The Kier molecular flexibility index (Phi) is 3.42. The third-order valence-electron chi connectivity index (χ3n) is 3.64. The molecule has 1 heterocycles. The Balaban J connectivity index is 2.14. The molecule has 0 bridgehead atoms. The average molecular weight is 263 g/mol. The predicted octanol–water partition coefficient (Wildman–Crippen LogP) is 1.50. The van der Waals surface area contributed by atoms with Gasteiger partial charge >= 0.3 is 6.09 Å². The fraction of sp³-hybridized carbons (Fsp3) is 0.462. The number of rotatable bonds is 5. The summed E-state index contributed by atoms with van der Waals surface area (Å²) in [6, 6.07) is 3.64. The van der Waals surface area contributed by atoms with Crippen LogP contribution in [0.25, 0.3) is 0 Å². The number of aryl methyl sites for hydroxylation is 1. The van der Waals surface area contributed by atoms with E-state index in [2.05, 4.69) is 4.98 Å². The number of likely N-dealkylation sites (N-methyl/N-ethyl adjacent to an activating group) is 1. The molecule has 1 fully saturated rings. The lowest BCUT2D eigenvalue weighted by Gasteiger charge is -2.30. The highest BCUT2D eigenvalue weighted by molar-refractivity contribution is 5.75.